The second-order valence-electron chi connectivity index (χ2n) is 7.93. The highest BCUT2D eigenvalue weighted by Crippen LogP contribution is 2.33. The summed E-state index contributed by atoms with van der Waals surface area (Å²) in [6.07, 6.45) is 3.42. The van der Waals surface area contributed by atoms with Gasteiger partial charge in [0.25, 0.3) is 5.91 Å². The molecule has 0 saturated heterocycles. The van der Waals surface area contributed by atoms with E-state index >= 15 is 0 Å². The Hall–Kier alpha value is -3.03. The van der Waals surface area contributed by atoms with Crippen LogP contribution in [0.3, 0.4) is 0 Å². The van der Waals surface area contributed by atoms with Crippen LogP contribution >= 0.6 is 0 Å². The third-order valence-electron chi connectivity index (χ3n) is 4.88. The van der Waals surface area contributed by atoms with E-state index < -0.39 is 18.0 Å². The van der Waals surface area contributed by atoms with Gasteiger partial charge in [-0.05, 0) is 50.3 Å². The van der Waals surface area contributed by atoms with E-state index in [1.54, 1.807) is 6.07 Å². The van der Waals surface area contributed by atoms with Gasteiger partial charge in [-0.25, -0.2) is 4.79 Å². The van der Waals surface area contributed by atoms with Crippen LogP contribution in [0.15, 0.2) is 22.6 Å². The number of benzene rings is 1. The zero-order valence-electron chi connectivity index (χ0n) is 17.6. The fourth-order valence-corrected chi connectivity index (χ4v) is 3.41. The molecule has 0 radical (unpaired) electrons. The van der Waals surface area contributed by atoms with E-state index in [-0.39, 0.29) is 24.9 Å². The minimum absolute atomic E-state index is 0.168. The Morgan fingerprint density at radius 2 is 1.87 bits per heavy atom. The summed E-state index contributed by atoms with van der Waals surface area (Å²) in [5.41, 5.74) is 6.58. The summed E-state index contributed by atoms with van der Waals surface area (Å²) < 4.78 is 16.5. The summed E-state index contributed by atoms with van der Waals surface area (Å²) >= 11 is 0. The lowest BCUT2D eigenvalue weighted by Gasteiger charge is -2.15. The summed E-state index contributed by atoms with van der Waals surface area (Å²) in [5, 5.41) is 1.01. The van der Waals surface area contributed by atoms with E-state index in [4.69, 9.17) is 13.9 Å². The quantitative estimate of drug-likeness (QED) is 0.531. The number of esters is 1. The summed E-state index contributed by atoms with van der Waals surface area (Å²) in [5.74, 6) is 0.130. The number of hydrazine groups is 1. The maximum absolute atomic E-state index is 12.0. The predicted molar refractivity (Wildman–Crippen MR) is 110 cm³/mol. The molecule has 1 heterocycles. The Labute approximate surface area is 175 Å². The van der Waals surface area contributed by atoms with Crippen molar-refractivity contribution >= 4 is 28.8 Å². The molecule has 2 amide bonds. The molecule has 2 aromatic rings. The van der Waals surface area contributed by atoms with Crippen LogP contribution < -0.4 is 15.6 Å². The molecule has 1 atom stereocenters. The summed E-state index contributed by atoms with van der Waals surface area (Å²) in [6, 6.07) is 5.45. The van der Waals surface area contributed by atoms with Crippen LogP contribution in [-0.2, 0) is 32.0 Å². The van der Waals surface area contributed by atoms with Crippen LogP contribution in [0, 0.1) is 5.92 Å². The van der Waals surface area contributed by atoms with Crippen LogP contribution in [-0.4, -0.2) is 30.5 Å². The van der Waals surface area contributed by atoms with Crippen molar-refractivity contribution in [2.75, 3.05) is 6.61 Å². The van der Waals surface area contributed by atoms with Crippen LogP contribution in [0.4, 0.5) is 0 Å². The van der Waals surface area contributed by atoms with Crippen LogP contribution in [0.1, 0.15) is 51.4 Å². The van der Waals surface area contributed by atoms with Crippen molar-refractivity contribution in [1.29, 1.82) is 0 Å². The number of nitrogens with one attached hydrogen (secondary N) is 2. The number of carbonyl (C=O) groups excluding carboxylic acids is 3. The third kappa shape index (κ3) is 5.52. The maximum atomic E-state index is 12.0. The van der Waals surface area contributed by atoms with E-state index in [0.29, 0.717) is 5.75 Å². The summed E-state index contributed by atoms with van der Waals surface area (Å²) in [7, 11) is 0. The topological polar surface area (TPSA) is 107 Å². The highest BCUT2D eigenvalue weighted by Gasteiger charge is 2.20. The minimum Gasteiger partial charge on any atom is -0.482 e. The summed E-state index contributed by atoms with van der Waals surface area (Å²) in [4.78, 5) is 35.5. The molecule has 8 heteroatoms. The molecule has 1 aliphatic carbocycles. The van der Waals surface area contributed by atoms with E-state index in [1.807, 2.05) is 26.0 Å². The molecule has 8 nitrogen and oxygen atoms in total. The molecule has 1 aliphatic rings. The maximum Gasteiger partial charge on any atom is 0.344 e. The molecule has 30 heavy (non-hydrogen) atoms. The average Bonchev–Trinajstić information content (AvgIpc) is 3.08. The Morgan fingerprint density at radius 1 is 1.10 bits per heavy atom. The molecule has 1 unspecified atom stereocenters. The minimum atomic E-state index is -1.07. The number of carbonyl (C=O) groups is 3. The molecule has 2 N–H and O–H groups in total. The number of fused-ring (bicyclic) bond motifs is 3. The molecule has 0 fully saturated rings. The molecular formula is C22H28N2O6. The smallest absolute Gasteiger partial charge is 0.344 e. The van der Waals surface area contributed by atoms with Crippen molar-refractivity contribution < 1.29 is 28.3 Å². The van der Waals surface area contributed by atoms with E-state index in [9.17, 15) is 14.4 Å². The highest BCUT2D eigenvalue weighted by molar-refractivity contribution is 5.86. The van der Waals surface area contributed by atoms with Crippen molar-refractivity contribution in [2.45, 2.75) is 59.0 Å². The number of aryl methyl sites for hydroxylation is 2. The molecule has 3 rings (SSSR count). The lowest BCUT2D eigenvalue weighted by molar-refractivity contribution is -0.157. The van der Waals surface area contributed by atoms with Gasteiger partial charge in [0.15, 0.2) is 12.7 Å². The molecule has 0 spiro atoms. The predicted octanol–water partition coefficient (Wildman–Crippen LogP) is 2.82. The zero-order chi connectivity index (χ0) is 21.7. The van der Waals surface area contributed by atoms with Gasteiger partial charge in [-0.15, -0.1) is 0 Å². The molecule has 1 aromatic heterocycles. The number of ether oxygens (including phenoxy) is 2. The Morgan fingerprint density at radius 3 is 2.63 bits per heavy atom. The van der Waals surface area contributed by atoms with Gasteiger partial charge in [0.2, 0.25) is 5.91 Å². The second kappa shape index (κ2) is 9.65. The molecule has 1 aromatic carbocycles. The van der Waals surface area contributed by atoms with Crippen LogP contribution in [0.2, 0.25) is 0 Å². The molecule has 0 bridgehead atoms. The lowest BCUT2D eigenvalue weighted by Crippen LogP contribution is -2.47. The molecular weight excluding hydrogens is 388 g/mol. The first-order valence-corrected chi connectivity index (χ1v) is 10.3. The average molecular weight is 416 g/mol. The van der Waals surface area contributed by atoms with Gasteiger partial charge < -0.3 is 13.9 Å². The second-order valence-corrected chi connectivity index (χ2v) is 7.93. The number of hydrogen-bond donors (Lipinski definition) is 2. The van der Waals surface area contributed by atoms with Crippen molar-refractivity contribution in [3.63, 3.8) is 0 Å². The van der Waals surface area contributed by atoms with Crippen LogP contribution in [0.25, 0.3) is 11.0 Å². The van der Waals surface area contributed by atoms with Gasteiger partial charge in [0.05, 0.1) is 0 Å². The van der Waals surface area contributed by atoms with E-state index in [2.05, 4.69) is 10.9 Å². The van der Waals surface area contributed by atoms with Crippen molar-refractivity contribution in [3.8, 4) is 5.75 Å². The zero-order valence-corrected chi connectivity index (χ0v) is 17.6. The van der Waals surface area contributed by atoms with Gasteiger partial charge in [-0.1, -0.05) is 13.8 Å². The Balaban J connectivity index is 1.48. The normalized spacial score (nSPS) is 14.1. The van der Waals surface area contributed by atoms with Crippen molar-refractivity contribution in [3.05, 3.63) is 29.5 Å². The highest BCUT2D eigenvalue weighted by atomic mass is 16.6. The first-order chi connectivity index (χ1) is 14.3. The number of rotatable bonds is 7. The van der Waals surface area contributed by atoms with Crippen LogP contribution in [0.5, 0.6) is 5.75 Å². The van der Waals surface area contributed by atoms with Gasteiger partial charge in [-0.2, -0.15) is 0 Å². The third-order valence-corrected chi connectivity index (χ3v) is 4.88. The van der Waals surface area contributed by atoms with Gasteiger partial charge in [0.1, 0.15) is 17.1 Å². The molecule has 162 valence electrons. The lowest BCUT2D eigenvalue weighted by atomic mass is 9.96. The standard InChI is InChI=1S/C22H28N2O6/c1-13(2)10-20(25)23-24-22(27)14(3)29-21(26)12-28-15-8-9-19-17(11-15)16-6-4-5-7-18(16)30-19/h8-9,11,13-14H,4-7,10,12H2,1-3H3,(H,23,25)(H,24,27). The molecule has 0 aliphatic heterocycles. The first kappa shape index (κ1) is 21.7. The first-order valence-electron chi connectivity index (χ1n) is 10.3. The Bertz CT molecular complexity index is 933. The van der Waals surface area contributed by atoms with E-state index in [0.717, 1.165) is 42.4 Å². The largest absolute Gasteiger partial charge is 0.482 e. The summed E-state index contributed by atoms with van der Waals surface area (Å²) in [6.45, 7) is 4.88. The monoisotopic (exact) mass is 416 g/mol. The SMILES string of the molecule is CC(C)CC(=O)NNC(=O)C(C)OC(=O)COc1ccc2oc3c(c2c1)CCCC3. The van der Waals surface area contributed by atoms with E-state index in [1.165, 1.54) is 12.5 Å². The fourth-order valence-electron chi connectivity index (χ4n) is 3.41. The number of hydrogen-bond acceptors (Lipinski definition) is 6. The number of furan rings is 1. The van der Waals surface area contributed by atoms with Gasteiger partial charge in [-0.3, -0.25) is 20.4 Å². The van der Waals surface area contributed by atoms with Crippen molar-refractivity contribution in [2.24, 2.45) is 5.92 Å². The van der Waals surface area contributed by atoms with Gasteiger partial charge in [0, 0.05) is 23.8 Å². The Kier molecular flexibility index (Phi) is 6.97. The van der Waals surface area contributed by atoms with Crippen molar-refractivity contribution in [1.82, 2.24) is 10.9 Å². The fraction of sp³-hybridized carbons (Fsp3) is 0.500. The number of amides is 2. The van der Waals surface area contributed by atoms with Gasteiger partial charge >= 0.3 is 5.97 Å². The molecule has 0 saturated carbocycles.